The minimum atomic E-state index is -0.246. The SMILES string of the molecule is Cc1cccc(OCC(=O)Nc2nc(C3CCNCC3)nn2C)c1.Cl. The van der Waals surface area contributed by atoms with Gasteiger partial charge < -0.3 is 10.1 Å². The molecule has 0 atom stereocenters. The first kappa shape index (κ1) is 19.2. The maximum absolute atomic E-state index is 12.1. The van der Waals surface area contributed by atoms with E-state index in [1.807, 2.05) is 31.2 Å². The minimum absolute atomic E-state index is 0. The van der Waals surface area contributed by atoms with Gasteiger partial charge in [0.1, 0.15) is 5.75 Å². The summed E-state index contributed by atoms with van der Waals surface area (Å²) in [5.41, 5.74) is 1.09. The Morgan fingerprint density at radius 3 is 2.88 bits per heavy atom. The fourth-order valence-electron chi connectivity index (χ4n) is 2.78. The molecule has 0 unspecified atom stereocenters. The molecule has 1 fully saturated rings. The molecule has 1 aromatic carbocycles. The van der Waals surface area contributed by atoms with Crippen molar-refractivity contribution in [1.29, 1.82) is 0 Å². The molecule has 25 heavy (non-hydrogen) atoms. The molecule has 1 amide bonds. The molecule has 0 radical (unpaired) electrons. The molecule has 0 bridgehead atoms. The summed E-state index contributed by atoms with van der Waals surface area (Å²) in [6, 6.07) is 7.61. The lowest BCUT2D eigenvalue weighted by Gasteiger charge is -2.19. The molecule has 136 valence electrons. The number of aromatic nitrogens is 3. The molecule has 3 rings (SSSR count). The van der Waals surface area contributed by atoms with Crippen molar-refractivity contribution < 1.29 is 9.53 Å². The number of nitrogens with one attached hydrogen (secondary N) is 2. The highest BCUT2D eigenvalue weighted by atomic mass is 35.5. The summed E-state index contributed by atoms with van der Waals surface area (Å²) < 4.78 is 7.12. The van der Waals surface area contributed by atoms with Gasteiger partial charge in [0.2, 0.25) is 5.95 Å². The first-order valence-corrected chi connectivity index (χ1v) is 8.23. The molecule has 2 heterocycles. The number of nitrogens with zero attached hydrogens (tertiary/aromatic N) is 3. The Morgan fingerprint density at radius 2 is 2.16 bits per heavy atom. The Kier molecular flexibility index (Phi) is 6.78. The predicted octanol–water partition coefficient (Wildman–Crippen LogP) is 2.03. The first-order chi connectivity index (χ1) is 11.6. The molecule has 1 aliphatic rings. The number of halogens is 1. The molecule has 7 nitrogen and oxygen atoms in total. The van der Waals surface area contributed by atoms with Gasteiger partial charge in [0.05, 0.1) is 0 Å². The maximum Gasteiger partial charge on any atom is 0.264 e. The van der Waals surface area contributed by atoms with Crippen LogP contribution in [0.2, 0.25) is 0 Å². The van der Waals surface area contributed by atoms with Crippen molar-refractivity contribution in [3.63, 3.8) is 0 Å². The summed E-state index contributed by atoms with van der Waals surface area (Å²) in [5.74, 6) is 2.05. The van der Waals surface area contributed by atoms with E-state index in [9.17, 15) is 4.79 Å². The van der Waals surface area contributed by atoms with Crippen LogP contribution >= 0.6 is 12.4 Å². The van der Waals surface area contributed by atoms with E-state index < -0.39 is 0 Å². The van der Waals surface area contributed by atoms with E-state index in [0.717, 1.165) is 37.3 Å². The van der Waals surface area contributed by atoms with Crippen molar-refractivity contribution in [1.82, 2.24) is 20.1 Å². The molecular formula is C17H24ClN5O2. The van der Waals surface area contributed by atoms with Gasteiger partial charge in [-0.15, -0.1) is 12.4 Å². The normalized spacial score (nSPS) is 14.6. The Labute approximate surface area is 153 Å². The Morgan fingerprint density at radius 1 is 1.40 bits per heavy atom. The zero-order valence-corrected chi connectivity index (χ0v) is 15.3. The van der Waals surface area contributed by atoms with Gasteiger partial charge in [-0.1, -0.05) is 12.1 Å². The second kappa shape index (κ2) is 8.82. The number of rotatable bonds is 5. The van der Waals surface area contributed by atoms with Gasteiger partial charge in [0.15, 0.2) is 12.4 Å². The summed E-state index contributed by atoms with van der Waals surface area (Å²) in [6.07, 6.45) is 2.04. The van der Waals surface area contributed by atoms with Gasteiger partial charge >= 0.3 is 0 Å². The number of aryl methyl sites for hydroxylation is 2. The first-order valence-electron chi connectivity index (χ1n) is 8.23. The molecule has 2 aromatic rings. The zero-order valence-electron chi connectivity index (χ0n) is 14.5. The van der Waals surface area contributed by atoms with Crippen LogP contribution in [0.4, 0.5) is 5.95 Å². The van der Waals surface area contributed by atoms with Crippen LogP contribution < -0.4 is 15.4 Å². The number of amides is 1. The number of anilines is 1. The zero-order chi connectivity index (χ0) is 16.9. The average Bonchev–Trinajstić information content (AvgIpc) is 2.95. The van der Waals surface area contributed by atoms with Crippen LogP contribution in [0.1, 0.15) is 30.1 Å². The van der Waals surface area contributed by atoms with Crippen LogP contribution in [0.25, 0.3) is 0 Å². The predicted molar refractivity (Wildman–Crippen MR) is 98.4 cm³/mol. The van der Waals surface area contributed by atoms with Crippen molar-refractivity contribution >= 4 is 24.3 Å². The number of benzene rings is 1. The number of hydrogen-bond donors (Lipinski definition) is 2. The van der Waals surface area contributed by atoms with E-state index in [-0.39, 0.29) is 24.9 Å². The summed E-state index contributed by atoms with van der Waals surface area (Å²) >= 11 is 0. The van der Waals surface area contributed by atoms with Crippen LogP contribution in [0.3, 0.4) is 0 Å². The van der Waals surface area contributed by atoms with Crippen molar-refractivity contribution in [3.8, 4) is 5.75 Å². The lowest BCUT2D eigenvalue weighted by molar-refractivity contribution is -0.118. The molecule has 1 saturated heterocycles. The monoisotopic (exact) mass is 365 g/mol. The Balaban J connectivity index is 0.00000225. The summed E-state index contributed by atoms with van der Waals surface area (Å²) in [6.45, 7) is 3.89. The number of carbonyl (C=O) groups is 1. The highest BCUT2D eigenvalue weighted by Gasteiger charge is 2.21. The Bertz CT molecular complexity index is 713. The molecule has 1 aromatic heterocycles. The standard InChI is InChI=1S/C17H23N5O2.ClH/c1-12-4-3-5-14(10-12)24-11-15(23)19-17-20-16(21-22(17)2)13-6-8-18-9-7-13;/h3-5,10,13,18H,6-9,11H2,1-2H3,(H,19,20,21,23);1H. The lowest BCUT2D eigenvalue weighted by atomic mass is 9.98. The quantitative estimate of drug-likeness (QED) is 0.847. The van der Waals surface area contributed by atoms with Crippen LogP contribution in [0.15, 0.2) is 24.3 Å². The van der Waals surface area contributed by atoms with Crippen molar-refractivity contribution in [2.24, 2.45) is 7.05 Å². The fourth-order valence-corrected chi connectivity index (χ4v) is 2.78. The van der Waals surface area contributed by atoms with Crippen molar-refractivity contribution in [3.05, 3.63) is 35.7 Å². The third-order valence-corrected chi connectivity index (χ3v) is 4.09. The maximum atomic E-state index is 12.1. The van der Waals surface area contributed by atoms with Gasteiger partial charge in [0, 0.05) is 13.0 Å². The van der Waals surface area contributed by atoms with Gasteiger partial charge in [0.25, 0.3) is 5.91 Å². The number of ether oxygens (including phenoxy) is 1. The summed E-state index contributed by atoms with van der Waals surface area (Å²) in [4.78, 5) is 16.6. The smallest absolute Gasteiger partial charge is 0.264 e. The summed E-state index contributed by atoms with van der Waals surface area (Å²) in [5, 5.41) is 10.5. The molecule has 0 aliphatic carbocycles. The molecule has 1 aliphatic heterocycles. The van der Waals surface area contributed by atoms with Crippen LogP contribution in [-0.2, 0) is 11.8 Å². The number of hydrogen-bond acceptors (Lipinski definition) is 5. The van der Waals surface area contributed by atoms with Gasteiger partial charge in [-0.25, -0.2) is 4.68 Å². The molecule has 2 N–H and O–H groups in total. The van der Waals surface area contributed by atoms with Crippen molar-refractivity contribution in [2.45, 2.75) is 25.7 Å². The van der Waals surface area contributed by atoms with E-state index in [1.165, 1.54) is 0 Å². The van der Waals surface area contributed by atoms with E-state index in [1.54, 1.807) is 11.7 Å². The van der Waals surface area contributed by atoms with Gasteiger partial charge in [-0.3, -0.25) is 10.1 Å². The second-order valence-electron chi connectivity index (χ2n) is 6.09. The third-order valence-electron chi connectivity index (χ3n) is 4.09. The van der Waals surface area contributed by atoms with E-state index in [4.69, 9.17) is 4.74 Å². The molecule has 8 heteroatoms. The highest BCUT2D eigenvalue weighted by molar-refractivity contribution is 5.90. The number of piperidine rings is 1. The van der Waals surface area contributed by atoms with E-state index in [0.29, 0.717) is 17.6 Å². The second-order valence-corrected chi connectivity index (χ2v) is 6.09. The Hall–Kier alpha value is -2.12. The van der Waals surface area contributed by atoms with Crippen LogP contribution in [0.5, 0.6) is 5.75 Å². The largest absolute Gasteiger partial charge is 0.484 e. The molecular weight excluding hydrogens is 342 g/mol. The molecule has 0 saturated carbocycles. The van der Waals surface area contributed by atoms with Crippen LogP contribution in [-0.4, -0.2) is 40.4 Å². The lowest BCUT2D eigenvalue weighted by Crippen LogP contribution is -2.27. The van der Waals surface area contributed by atoms with Gasteiger partial charge in [-0.05, 0) is 50.6 Å². The van der Waals surface area contributed by atoms with Gasteiger partial charge in [-0.2, -0.15) is 10.1 Å². The van der Waals surface area contributed by atoms with Crippen molar-refractivity contribution in [2.75, 3.05) is 25.0 Å². The number of carbonyl (C=O) groups excluding carboxylic acids is 1. The average molecular weight is 366 g/mol. The highest BCUT2D eigenvalue weighted by Crippen LogP contribution is 2.23. The molecule has 0 spiro atoms. The topological polar surface area (TPSA) is 81.1 Å². The fraction of sp³-hybridized carbons (Fsp3) is 0.471. The van der Waals surface area contributed by atoms with E-state index in [2.05, 4.69) is 20.7 Å². The van der Waals surface area contributed by atoms with E-state index >= 15 is 0 Å². The summed E-state index contributed by atoms with van der Waals surface area (Å²) in [7, 11) is 1.79. The minimum Gasteiger partial charge on any atom is -0.484 e. The van der Waals surface area contributed by atoms with Crippen LogP contribution in [0, 0.1) is 6.92 Å². The third kappa shape index (κ3) is 5.17.